The molecule has 0 bridgehead atoms. The third kappa shape index (κ3) is 4.32. The Balaban J connectivity index is 1.35. The summed E-state index contributed by atoms with van der Waals surface area (Å²) in [7, 11) is 0. The summed E-state index contributed by atoms with van der Waals surface area (Å²) < 4.78 is 1.61. The first-order valence-electron chi connectivity index (χ1n) is 9.91. The second kappa shape index (κ2) is 8.66. The van der Waals surface area contributed by atoms with Crippen LogP contribution in [0.1, 0.15) is 29.7 Å². The number of aliphatic hydroxyl groups excluding tert-OH is 2. The molecule has 0 unspecified atom stereocenters. The quantitative estimate of drug-likeness (QED) is 0.539. The van der Waals surface area contributed by atoms with E-state index in [1.807, 2.05) is 48.5 Å². The molecule has 9 nitrogen and oxygen atoms in total. The molecule has 3 atom stereocenters. The average molecular weight is 421 g/mol. The van der Waals surface area contributed by atoms with Gasteiger partial charge in [0, 0.05) is 13.1 Å². The number of carbonyl (C=O) groups is 2. The minimum Gasteiger partial charge on any atom is -0.380 e. The van der Waals surface area contributed by atoms with Crippen LogP contribution in [0, 0.1) is 0 Å². The molecule has 2 amide bonds. The summed E-state index contributed by atoms with van der Waals surface area (Å²) in [6.45, 7) is 2.43. The second-order valence-electron chi connectivity index (χ2n) is 7.51. The van der Waals surface area contributed by atoms with Gasteiger partial charge in [0.1, 0.15) is 12.7 Å². The van der Waals surface area contributed by atoms with E-state index in [0.29, 0.717) is 13.1 Å². The minimum absolute atomic E-state index is 0.342. The van der Waals surface area contributed by atoms with Crippen LogP contribution in [0.4, 0.5) is 0 Å². The van der Waals surface area contributed by atoms with Gasteiger partial charge in [-0.15, -0.1) is 0 Å². The van der Waals surface area contributed by atoms with Crippen molar-refractivity contribution >= 4 is 11.8 Å². The number of hydrogen-bond donors (Lipinski definition) is 3. The number of carbonyl (C=O) groups excluding carboxylic acids is 2. The summed E-state index contributed by atoms with van der Waals surface area (Å²) in [5.74, 6) is -1.49. The van der Waals surface area contributed by atoms with E-state index in [1.165, 1.54) is 11.2 Å². The molecule has 3 N–H and O–H groups in total. The topological polar surface area (TPSA) is 121 Å². The van der Waals surface area contributed by atoms with Crippen LogP contribution in [-0.2, 0) is 22.7 Å². The van der Waals surface area contributed by atoms with Crippen molar-refractivity contribution in [3.05, 3.63) is 77.9 Å². The molecule has 0 saturated heterocycles. The summed E-state index contributed by atoms with van der Waals surface area (Å²) in [6, 6.07) is 14.4. The van der Waals surface area contributed by atoms with Gasteiger partial charge in [-0.05, 0) is 35.7 Å². The summed E-state index contributed by atoms with van der Waals surface area (Å²) in [5, 5.41) is 27.3. The molecule has 160 valence electrons. The molecule has 0 aliphatic carbocycles. The lowest BCUT2D eigenvalue weighted by Crippen LogP contribution is -2.50. The van der Waals surface area contributed by atoms with Crippen molar-refractivity contribution in [2.75, 3.05) is 0 Å². The molecule has 31 heavy (non-hydrogen) atoms. The molecule has 3 aromatic rings. The maximum Gasteiger partial charge on any atom is 0.255 e. The number of hydrogen-bond acceptors (Lipinski definition) is 6. The van der Waals surface area contributed by atoms with Gasteiger partial charge in [-0.25, -0.2) is 9.67 Å². The van der Waals surface area contributed by atoms with E-state index in [9.17, 15) is 19.8 Å². The number of rotatable bonds is 6. The van der Waals surface area contributed by atoms with Gasteiger partial charge in [-0.1, -0.05) is 36.4 Å². The van der Waals surface area contributed by atoms with Crippen molar-refractivity contribution in [3.63, 3.8) is 0 Å². The number of fused-ring (bicyclic) bond motifs is 1. The fourth-order valence-corrected chi connectivity index (χ4v) is 3.59. The Morgan fingerprint density at radius 3 is 2.23 bits per heavy atom. The molecule has 1 aromatic heterocycles. The number of aliphatic hydroxyl groups is 2. The van der Waals surface area contributed by atoms with E-state index < -0.39 is 30.1 Å². The molecule has 1 aliphatic rings. The zero-order valence-corrected chi connectivity index (χ0v) is 16.9. The maximum absolute atomic E-state index is 12.6. The summed E-state index contributed by atoms with van der Waals surface area (Å²) in [4.78, 5) is 30.4. The molecule has 0 spiro atoms. The standard InChI is InChI=1S/C22H23N5O4/c1-14(15-6-8-18(9-7-15)27-13-23-12-24-27)25-21(30)19(28)20(29)22(31)26-10-16-4-2-3-5-17(16)11-26/h2-9,12-14,19-20,28-29H,10-11H2,1H3,(H,25,30)/t14-,19-,20-/m1/s1. The average Bonchev–Trinajstić information content (AvgIpc) is 3.47. The van der Waals surface area contributed by atoms with Crippen molar-refractivity contribution in [1.82, 2.24) is 25.0 Å². The Hall–Kier alpha value is -3.56. The maximum atomic E-state index is 12.6. The third-order valence-electron chi connectivity index (χ3n) is 5.41. The highest BCUT2D eigenvalue weighted by atomic mass is 16.3. The molecule has 2 aromatic carbocycles. The van der Waals surface area contributed by atoms with Gasteiger partial charge in [-0.3, -0.25) is 9.59 Å². The van der Waals surface area contributed by atoms with Gasteiger partial charge in [-0.2, -0.15) is 5.10 Å². The summed E-state index contributed by atoms with van der Waals surface area (Å²) >= 11 is 0. The number of benzene rings is 2. The lowest BCUT2D eigenvalue weighted by atomic mass is 10.1. The van der Waals surface area contributed by atoms with E-state index in [-0.39, 0.29) is 0 Å². The predicted octanol–water partition coefficient (Wildman–Crippen LogP) is 0.709. The van der Waals surface area contributed by atoms with Crippen molar-refractivity contribution in [1.29, 1.82) is 0 Å². The molecule has 0 radical (unpaired) electrons. The molecule has 0 saturated carbocycles. The second-order valence-corrected chi connectivity index (χ2v) is 7.51. The van der Waals surface area contributed by atoms with Gasteiger partial charge in [0.15, 0.2) is 12.2 Å². The Morgan fingerprint density at radius 2 is 1.65 bits per heavy atom. The van der Waals surface area contributed by atoms with E-state index in [4.69, 9.17) is 0 Å². The Labute approximate surface area is 179 Å². The van der Waals surface area contributed by atoms with Gasteiger partial charge < -0.3 is 20.4 Å². The van der Waals surface area contributed by atoms with Crippen molar-refractivity contribution < 1.29 is 19.8 Å². The fourth-order valence-electron chi connectivity index (χ4n) is 3.59. The highest BCUT2D eigenvalue weighted by Gasteiger charge is 2.35. The van der Waals surface area contributed by atoms with Gasteiger partial charge in [0.05, 0.1) is 11.7 Å². The predicted molar refractivity (Wildman–Crippen MR) is 111 cm³/mol. The van der Waals surface area contributed by atoms with Crippen LogP contribution in [-0.4, -0.2) is 53.9 Å². The molecule has 4 rings (SSSR count). The highest BCUT2D eigenvalue weighted by Crippen LogP contribution is 2.23. The first-order valence-corrected chi connectivity index (χ1v) is 9.91. The molecule has 9 heteroatoms. The first kappa shape index (κ1) is 20.7. The van der Waals surface area contributed by atoms with Crippen LogP contribution >= 0.6 is 0 Å². The van der Waals surface area contributed by atoms with E-state index in [2.05, 4.69) is 15.4 Å². The van der Waals surface area contributed by atoms with Crippen molar-refractivity contribution in [2.45, 2.75) is 38.3 Å². The molecular weight excluding hydrogens is 398 g/mol. The first-order chi connectivity index (χ1) is 14.9. The van der Waals surface area contributed by atoms with E-state index in [1.54, 1.807) is 17.9 Å². The SMILES string of the molecule is C[C@@H](NC(=O)[C@H](O)[C@@H](O)C(=O)N1Cc2ccccc2C1)c1ccc(-n2cncn2)cc1. The number of amides is 2. The smallest absolute Gasteiger partial charge is 0.255 e. The Kier molecular flexibility index (Phi) is 5.79. The minimum atomic E-state index is -1.87. The summed E-state index contributed by atoms with van der Waals surface area (Å²) in [5.41, 5.74) is 3.59. The van der Waals surface area contributed by atoms with Crippen LogP contribution < -0.4 is 5.32 Å². The largest absolute Gasteiger partial charge is 0.380 e. The van der Waals surface area contributed by atoms with Crippen LogP contribution in [0.25, 0.3) is 5.69 Å². The number of aromatic nitrogens is 3. The Bertz CT molecular complexity index is 1040. The van der Waals surface area contributed by atoms with Gasteiger partial charge in [0.2, 0.25) is 0 Å². The molecule has 2 heterocycles. The fraction of sp³-hybridized carbons (Fsp3) is 0.273. The van der Waals surface area contributed by atoms with Gasteiger partial charge >= 0.3 is 0 Å². The normalized spacial score (nSPS) is 15.8. The van der Waals surface area contributed by atoms with Crippen LogP contribution in [0.3, 0.4) is 0 Å². The zero-order chi connectivity index (χ0) is 22.0. The van der Waals surface area contributed by atoms with Crippen LogP contribution in [0.2, 0.25) is 0 Å². The summed E-state index contributed by atoms with van der Waals surface area (Å²) in [6.07, 6.45) is -0.691. The molecule has 1 aliphatic heterocycles. The lowest BCUT2D eigenvalue weighted by Gasteiger charge is -2.24. The lowest BCUT2D eigenvalue weighted by molar-refractivity contribution is -0.153. The number of nitrogens with zero attached hydrogens (tertiary/aromatic N) is 4. The van der Waals surface area contributed by atoms with E-state index >= 15 is 0 Å². The molecular formula is C22H23N5O4. The monoisotopic (exact) mass is 421 g/mol. The van der Waals surface area contributed by atoms with Gasteiger partial charge in [0.25, 0.3) is 11.8 Å². The highest BCUT2D eigenvalue weighted by molar-refractivity contribution is 5.91. The van der Waals surface area contributed by atoms with Crippen LogP contribution in [0.5, 0.6) is 0 Å². The van der Waals surface area contributed by atoms with Crippen molar-refractivity contribution in [2.24, 2.45) is 0 Å². The zero-order valence-electron chi connectivity index (χ0n) is 16.9. The molecule has 0 fully saturated rings. The third-order valence-corrected chi connectivity index (χ3v) is 5.41. The Morgan fingerprint density at radius 1 is 1.00 bits per heavy atom. The number of nitrogens with one attached hydrogen (secondary N) is 1. The van der Waals surface area contributed by atoms with Crippen LogP contribution in [0.15, 0.2) is 61.2 Å². The van der Waals surface area contributed by atoms with Crippen molar-refractivity contribution in [3.8, 4) is 5.69 Å². The van der Waals surface area contributed by atoms with E-state index in [0.717, 1.165) is 22.4 Å².